The molecule has 0 unspecified atom stereocenters. The van der Waals surface area contributed by atoms with Crippen LogP contribution >= 0.6 is 0 Å². The molecule has 6 heteroatoms. The molecular weight excluding hydrogens is 286 g/mol. The number of fused-ring (bicyclic) bond motifs is 1. The molecule has 0 aliphatic carbocycles. The van der Waals surface area contributed by atoms with Crippen LogP contribution in [0.1, 0.15) is 21.5 Å². The third-order valence-electron chi connectivity index (χ3n) is 3.44. The number of carbonyl (C=O) groups excluding carboxylic acids is 1. The quantitative estimate of drug-likeness (QED) is 0.522. The minimum atomic E-state index is -0.504. The largest absolute Gasteiger partial charge is 0.508 e. The molecule has 3 rings (SSSR count). The molecule has 0 radical (unpaired) electrons. The second-order valence-corrected chi connectivity index (χ2v) is 4.88. The third kappa shape index (κ3) is 2.20. The zero-order valence-electron chi connectivity index (χ0n) is 11.6. The minimum absolute atomic E-state index is 0.0446. The van der Waals surface area contributed by atoms with E-state index in [1.54, 1.807) is 13.0 Å². The van der Waals surface area contributed by atoms with Crippen molar-refractivity contribution in [3.63, 3.8) is 0 Å². The summed E-state index contributed by atoms with van der Waals surface area (Å²) in [6, 6.07) is 8.84. The van der Waals surface area contributed by atoms with Crippen LogP contribution in [0.25, 0.3) is 6.08 Å². The average molecular weight is 297 g/mol. The molecule has 1 aliphatic heterocycles. The van der Waals surface area contributed by atoms with Gasteiger partial charge in [-0.2, -0.15) is 0 Å². The van der Waals surface area contributed by atoms with E-state index in [-0.39, 0.29) is 23.0 Å². The zero-order chi connectivity index (χ0) is 15.9. The number of Topliss-reactive ketones (excluding diaryl/α,β-unsaturated/α-hetero) is 1. The van der Waals surface area contributed by atoms with Crippen molar-refractivity contribution < 1.29 is 19.6 Å². The van der Waals surface area contributed by atoms with Gasteiger partial charge < -0.3 is 9.84 Å². The van der Waals surface area contributed by atoms with Crippen molar-refractivity contribution in [2.45, 2.75) is 6.92 Å². The first kappa shape index (κ1) is 13.8. The van der Waals surface area contributed by atoms with Crippen molar-refractivity contribution in [1.82, 2.24) is 0 Å². The molecule has 6 nitrogen and oxygen atoms in total. The summed E-state index contributed by atoms with van der Waals surface area (Å²) in [5.41, 5.74) is 1.28. The fourth-order valence-corrected chi connectivity index (χ4v) is 2.26. The molecule has 0 aromatic heterocycles. The van der Waals surface area contributed by atoms with Gasteiger partial charge in [-0.25, -0.2) is 0 Å². The Hall–Kier alpha value is -3.15. The Balaban J connectivity index is 2.01. The standard InChI is InChI=1S/C16H11NO5/c1-9-13(18)6-5-12-15(19)14(22-16(9)12)8-10-3-2-4-11(7-10)17(20)21/h2-8,18H,1H3/b14-8-. The number of ketones is 1. The number of nitrogens with zero attached hydrogens (tertiary/aromatic N) is 1. The summed E-state index contributed by atoms with van der Waals surface area (Å²) in [5, 5.41) is 20.4. The van der Waals surface area contributed by atoms with Crippen LogP contribution in [0.3, 0.4) is 0 Å². The van der Waals surface area contributed by atoms with E-state index in [4.69, 9.17) is 4.74 Å². The lowest BCUT2D eigenvalue weighted by Crippen LogP contribution is -1.98. The number of nitro groups is 1. The molecule has 0 atom stereocenters. The molecular formula is C16H11NO5. The lowest BCUT2D eigenvalue weighted by Gasteiger charge is -2.03. The van der Waals surface area contributed by atoms with E-state index in [1.807, 2.05) is 0 Å². The van der Waals surface area contributed by atoms with E-state index in [0.717, 1.165) is 0 Å². The van der Waals surface area contributed by atoms with Gasteiger partial charge in [0.1, 0.15) is 11.5 Å². The van der Waals surface area contributed by atoms with Gasteiger partial charge in [-0.3, -0.25) is 14.9 Å². The van der Waals surface area contributed by atoms with Crippen LogP contribution in [0.5, 0.6) is 11.5 Å². The van der Waals surface area contributed by atoms with Gasteiger partial charge in [-0.15, -0.1) is 0 Å². The molecule has 0 saturated heterocycles. The van der Waals surface area contributed by atoms with Gasteiger partial charge in [0.25, 0.3) is 5.69 Å². The first-order chi connectivity index (χ1) is 10.5. The minimum Gasteiger partial charge on any atom is -0.508 e. The molecule has 1 N–H and O–H groups in total. The second-order valence-electron chi connectivity index (χ2n) is 4.88. The normalized spacial score (nSPS) is 14.8. The topological polar surface area (TPSA) is 89.7 Å². The highest BCUT2D eigenvalue weighted by Crippen LogP contribution is 2.38. The van der Waals surface area contributed by atoms with Gasteiger partial charge in [-0.1, -0.05) is 12.1 Å². The summed E-state index contributed by atoms with van der Waals surface area (Å²) in [6.45, 7) is 1.65. The summed E-state index contributed by atoms with van der Waals surface area (Å²) in [6.07, 6.45) is 1.45. The molecule has 2 aromatic rings. The summed E-state index contributed by atoms with van der Waals surface area (Å²) in [5.74, 6) is 0.124. The SMILES string of the molecule is Cc1c(O)ccc2c1O/C(=C\c1cccc([N+](=O)[O-])c1)C2=O. The van der Waals surface area contributed by atoms with Crippen LogP contribution in [0, 0.1) is 17.0 Å². The lowest BCUT2D eigenvalue weighted by molar-refractivity contribution is -0.384. The van der Waals surface area contributed by atoms with Crippen LogP contribution in [-0.4, -0.2) is 15.8 Å². The number of nitro benzene ring substituents is 1. The first-order valence-corrected chi connectivity index (χ1v) is 6.48. The Morgan fingerprint density at radius 2 is 2.05 bits per heavy atom. The Morgan fingerprint density at radius 3 is 2.77 bits per heavy atom. The van der Waals surface area contributed by atoms with Gasteiger partial charge in [0.2, 0.25) is 5.78 Å². The number of rotatable bonds is 2. The van der Waals surface area contributed by atoms with Gasteiger partial charge in [-0.05, 0) is 30.7 Å². The summed E-state index contributed by atoms with van der Waals surface area (Å²) >= 11 is 0. The van der Waals surface area contributed by atoms with E-state index in [9.17, 15) is 20.0 Å². The predicted molar refractivity (Wildman–Crippen MR) is 78.9 cm³/mol. The molecule has 0 bridgehead atoms. The molecule has 0 amide bonds. The molecule has 0 spiro atoms. The van der Waals surface area contributed by atoms with Crippen molar-refractivity contribution >= 4 is 17.5 Å². The number of benzene rings is 2. The molecule has 0 saturated carbocycles. The molecule has 0 fully saturated rings. The fourth-order valence-electron chi connectivity index (χ4n) is 2.26. The Morgan fingerprint density at radius 1 is 1.27 bits per heavy atom. The highest BCUT2D eigenvalue weighted by molar-refractivity contribution is 6.14. The van der Waals surface area contributed by atoms with Crippen molar-refractivity contribution in [2.75, 3.05) is 0 Å². The predicted octanol–water partition coefficient (Wildman–Crippen LogP) is 3.23. The number of hydrogen-bond donors (Lipinski definition) is 1. The van der Waals surface area contributed by atoms with Gasteiger partial charge in [0.15, 0.2) is 5.76 Å². The van der Waals surface area contributed by atoms with E-state index in [2.05, 4.69) is 0 Å². The maximum absolute atomic E-state index is 12.3. The van der Waals surface area contributed by atoms with E-state index in [1.165, 1.54) is 36.4 Å². The van der Waals surface area contributed by atoms with Gasteiger partial charge in [0.05, 0.1) is 10.5 Å². The summed E-state index contributed by atoms with van der Waals surface area (Å²) in [4.78, 5) is 22.5. The number of hydrogen-bond acceptors (Lipinski definition) is 5. The van der Waals surface area contributed by atoms with Crippen molar-refractivity contribution in [3.05, 3.63) is 69.0 Å². The number of phenols is 1. The van der Waals surface area contributed by atoms with Crippen molar-refractivity contribution in [2.24, 2.45) is 0 Å². The molecule has 110 valence electrons. The average Bonchev–Trinajstić information content (AvgIpc) is 2.81. The molecule has 22 heavy (non-hydrogen) atoms. The summed E-state index contributed by atoms with van der Waals surface area (Å²) in [7, 11) is 0. The number of aromatic hydroxyl groups is 1. The van der Waals surface area contributed by atoms with Crippen LogP contribution in [0.2, 0.25) is 0 Å². The zero-order valence-corrected chi connectivity index (χ0v) is 11.6. The fraction of sp³-hybridized carbons (Fsp3) is 0.0625. The Bertz CT molecular complexity index is 838. The highest BCUT2D eigenvalue weighted by Gasteiger charge is 2.29. The Labute approximate surface area is 125 Å². The Kier molecular flexibility index (Phi) is 3.14. The van der Waals surface area contributed by atoms with E-state index in [0.29, 0.717) is 22.4 Å². The van der Waals surface area contributed by atoms with Crippen LogP contribution in [0.4, 0.5) is 5.69 Å². The monoisotopic (exact) mass is 297 g/mol. The van der Waals surface area contributed by atoms with Crippen molar-refractivity contribution in [3.8, 4) is 11.5 Å². The second kappa shape index (κ2) is 5.00. The van der Waals surface area contributed by atoms with Gasteiger partial charge >= 0.3 is 0 Å². The number of ether oxygens (including phenoxy) is 1. The summed E-state index contributed by atoms with van der Waals surface area (Å²) < 4.78 is 5.52. The van der Waals surface area contributed by atoms with E-state index >= 15 is 0 Å². The highest BCUT2D eigenvalue weighted by atomic mass is 16.6. The lowest BCUT2D eigenvalue weighted by atomic mass is 10.1. The number of carbonyl (C=O) groups is 1. The number of phenolic OH excluding ortho intramolecular Hbond substituents is 1. The van der Waals surface area contributed by atoms with Crippen LogP contribution < -0.4 is 4.74 Å². The smallest absolute Gasteiger partial charge is 0.270 e. The molecule has 1 aliphatic rings. The maximum Gasteiger partial charge on any atom is 0.270 e. The molecule has 2 aromatic carbocycles. The third-order valence-corrected chi connectivity index (χ3v) is 3.44. The molecule has 1 heterocycles. The van der Waals surface area contributed by atoms with Gasteiger partial charge in [0, 0.05) is 17.7 Å². The van der Waals surface area contributed by atoms with Crippen LogP contribution in [0.15, 0.2) is 42.2 Å². The van der Waals surface area contributed by atoms with Crippen LogP contribution in [-0.2, 0) is 0 Å². The first-order valence-electron chi connectivity index (χ1n) is 6.48. The van der Waals surface area contributed by atoms with E-state index < -0.39 is 4.92 Å². The number of non-ortho nitro benzene ring substituents is 1. The maximum atomic E-state index is 12.3. The van der Waals surface area contributed by atoms with Crippen molar-refractivity contribution in [1.29, 1.82) is 0 Å². The number of allylic oxidation sites excluding steroid dienone is 1.